The zero-order valence-corrected chi connectivity index (χ0v) is 25.1. The number of carbonyl (C=O) groups is 2. The quantitative estimate of drug-likeness (QED) is 0.258. The van der Waals surface area contributed by atoms with Crippen molar-refractivity contribution in [1.29, 1.82) is 0 Å². The summed E-state index contributed by atoms with van der Waals surface area (Å²) in [4.78, 5) is 34.9. The number of amides is 2. The molecule has 0 spiro atoms. The van der Waals surface area contributed by atoms with Crippen LogP contribution >= 0.6 is 11.3 Å². The number of ether oxygens (including phenoxy) is 2. The lowest BCUT2D eigenvalue weighted by Gasteiger charge is -2.28. The highest BCUT2D eigenvalue weighted by Crippen LogP contribution is 2.28. The van der Waals surface area contributed by atoms with Gasteiger partial charge in [-0.1, -0.05) is 33.8 Å². The average molecular weight is 557 g/mol. The van der Waals surface area contributed by atoms with Gasteiger partial charge in [-0.05, 0) is 54.8 Å². The molecule has 0 radical (unpaired) electrons. The van der Waals surface area contributed by atoms with Gasteiger partial charge in [-0.3, -0.25) is 9.59 Å². The Balaban J connectivity index is 1.89. The standard InChI is InChI=1S/C30H44N4O4S/c1-7-23(8-2)34-27-12-11-22(19-25(27)31-28(34)20-24-10-9-17-39-24)29(35)32-26(18-21(3)4)30(36)33(13-15-37-5)14-16-38-6/h9-12,17,19,21,23,26H,7-8,13-16,18,20H2,1-6H3,(H,32,35)/t26-/m0/s1. The van der Waals surface area contributed by atoms with E-state index in [0.29, 0.717) is 44.3 Å². The molecule has 0 bridgehead atoms. The summed E-state index contributed by atoms with van der Waals surface area (Å²) in [5, 5.41) is 5.11. The fraction of sp³-hybridized carbons (Fsp3) is 0.567. The van der Waals surface area contributed by atoms with Gasteiger partial charge in [0.05, 0.1) is 24.2 Å². The number of hydrogen-bond acceptors (Lipinski definition) is 6. The van der Waals surface area contributed by atoms with Crippen LogP contribution in [0.1, 0.15) is 74.1 Å². The molecule has 2 aromatic heterocycles. The van der Waals surface area contributed by atoms with Crippen LogP contribution in [-0.2, 0) is 20.7 Å². The van der Waals surface area contributed by atoms with Crippen LogP contribution in [-0.4, -0.2) is 72.8 Å². The Labute approximate surface area is 236 Å². The molecule has 1 aromatic carbocycles. The van der Waals surface area contributed by atoms with Crippen molar-refractivity contribution in [2.45, 2.75) is 65.5 Å². The lowest BCUT2D eigenvalue weighted by Crippen LogP contribution is -2.50. The highest BCUT2D eigenvalue weighted by molar-refractivity contribution is 7.09. The topological polar surface area (TPSA) is 85.7 Å². The number of nitrogens with one attached hydrogen (secondary N) is 1. The van der Waals surface area contributed by atoms with E-state index in [9.17, 15) is 9.59 Å². The molecule has 0 saturated carbocycles. The maximum Gasteiger partial charge on any atom is 0.252 e. The highest BCUT2D eigenvalue weighted by atomic mass is 32.1. The van der Waals surface area contributed by atoms with Crippen molar-refractivity contribution in [3.63, 3.8) is 0 Å². The number of methoxy groups -OCH3 is 2. The van der Waals surface area contributed by atoms with Gasteiger partial charge in [-0.2, -0.15) is 0 Å². The first-order valence-electron chi connectivity index (χ1n) is 13.9. The smallest absolute Gasteiger partial charge is 0.252 e. The van der Waals surface area contributed by atoms with E-state index in [0.717, 1.165) is 36.1 Å². The van der Waals surface area contributed by atoms with E-state index in [-0.39, 0.29) is 17.7 Å². The first kappa shape index (κ1) is 30.8. The fourth-order valence-electron chi connectivity index (χ4n) is 4.93. The van der Waals surface area contributed by atoms with E-state index in [1.54, 1.807) is 30.5 Å². The summed E-state index contributed by atoms with van der Waals surface area (Å²) in [6.07, 6.45) is 3.30. The van der Waals surface area contributed by atoms with Gasteiger partial charge < -0.3 is 24.3 Å². The molecular formula is C30H44N4O4S. The number of imidazole rings is 1. The van der Waals surface area contributed by atoms with Crippen LogP contribution in [0.5, 0.6) is 0 Å². The summed E-state index contributed by atoms with van der Waals surface area (Å²) in [6.45, 7) is 10.2. The maximum atomic E-state index is 13.5. The van der Waals surface area contributed by atoms with E-state index in [2.05, 4.69) is 41.2 Å². The Hall–Kier alpha value is -2.75. The molecular weight excluding hydrogens is 512 g/mol. The van der Waals surface area contributed by atoms with Crippen molar-refractivity contribution in [3.8, 4) is 0 Å². The minimum Gasteiger partial charge on any atom is -0.383 e. The van der Waals surface area contributed by atoms with Crippen LogP contribution in [0.4, 0.5) is 0 Å². The number of nitrogens with zero attached hydrogens (tertiary/aromatic N) is 3. The molecule has 0 aliphatic carbocycles. The zero-order valence-electron chi connectivity index (χ0n) is 24.2. The predicted octanol–water partition coefficient (Wildman–Crippen LogP) is 5.32. The second-order valence-electron chi connectivity index (χ2n) is 10.3. The fourth-order valence-corrected chi connectivity index (χ4v) is 5.64. The molecule has 2 heterocycles. The van der Waals surface area contributed by atoms with Gasteiger partial charge in [0.25, 0.3) is 5.91 Å². The summed E-state index contributed by atoms with van der Waals surface area (Å²) in [5.41, 5.74) is 2.34. The van der Waals surface area contributed by atoms with Gasteiger partial charge in [0.2, 0.25) is 5.91 Å². The van der Waals surface area contributed by atoms with Gasteiger partial charge in [-0.15, -0.1) is 11.3 Å². The first-order chi connectivity index (χ1) is 18.8. The van der Waals surface area contributed by atoms with Gasteiger partial charge in [0, 0.05) is 50.2 Å². The summed E-state index contributed by atoms with van der Waals surface area (Å²) >= 11 is 1.73. The molecule has 3 rings (SSSR count). The van der Waals surface area contributed by atoms with Gasteiger partial charge >= 0.3 is 0 Å². The summed E-state index contributed by atoms with van der Waals surface area (Å²) in [5.74, 6) is 0.845. The minimum atomic E-state index is -0.640. The molecule has 8 nitrogen and oxygen atoms in total. The molecule has 9 heteroatoms. The van der Waals surface area contributed by atoms with Crippen molar-refractivity contribution < 1.29 is 19.1 Å². The van der Waals surface area contributed by atoms with Gasteiger partial charge in [0.1, 0.15) is 11.9 Å². The second-order valence-corrected chi connectivity index (χ2v) is 11.3. The molecule has 0 saturated heterocycles. The summed E-state index contributed by atoms with van der Waals surface area (Å²) < 4.78 is 12.7. The highest BCUT2D eigenvalue weighted by Gasteiger charge is 2.27. The Kier molecular flexibility index (Phi) is 12.0. The van der Waals surface area contributed by atoms with Crippen LogP contribution in [0.25, 0.3) is 11.0 Å². The molecule has 214 valence electrons. The summed E-state index contributed by atoms with van der Waals surface area (Å²) in [6, 6.07) is 9.59. The molecule has 0 fully saturated rings. The van der Waals surface area contributed by atoms with Crippen molar-refractivity contribution in [2.75, 3.05) is 40.5 Å². The van der Waals surface area contributed by atoms with Crippen molar-refractivity contribution >= 4 is 34.2 Å². The van der Waals surface area contributed by atoms with Crippen LogP contribution in [0.2, 0.25) is 0 Å². The molecule has 1 N–H and O–H groups in total. The molecule has 2 amide bonds. The molecule has 0 unspecified atom stereocenters. The minimum absolute atomic E-state index is 0.122. The molecule has 0 aliphatic rings. The van der Waals surface area contributed by atoms with E-state index < -0.39 is 6.04 Å². The maximum absolute atomic E-state index is 13.5. The van der Waals surface area contributed by atoms with E-state index in [1.807, 2.05) is 32.0 Å². The Morgan fingerprint density at radius 2 is 1.77 bits per heavy atom. The van der Waals surface area contributed by atoms with Crippen LogP contribution in [0.3, 0.4) is 0 Å². The Morgan fingerprint density at radius 1 is 1.08 bits per heavy atom. The SMILES string of the molecule is CCC(CC)n1c(Cc2cccs2)nc2cc(C(=O)N[C@@H](CC(C)C)C(=O)N(CCOC)CCOC)ccc21. The van der Waals surface area contributed by atoms with Crippen molar-refractivity contribution in [3.05, 3.63) is 52.0 Å². The number of hydrogen-bond donors (Lipinski definition) is 1. The van der Waals surface area contributed by atoms with Crippen molar-refractivity contribution in [1.82, 2.24) is 19.8 Å². The number of rotatable bonds is 16. The number of fused-ring (bicyclic) bond motifs is 1. The monoisotopic (exact) mass is 556 g/mol. The number of benzene rings is 1. The van der Waals surface area contributed by atoms with E-state index in [1.165, 1.54) is 4.88 Å². The molecule has 39 heavy (non-hydrogen) atoms. The van der Waals surface area contributed by atoms with E-state index in [4.69, 9.17) is 14.5 Å². The van der Waals surface area contributed by atoms with Crippen molar-refractivity contribution in [2.24, 2.45) is 5.92 Å². The van der Waals surface area contributed by atoms with Gasteiger partial charge in [-0.25, -0.2) is 4.98 Å². The summed E-state index contributed by atoms with van der Waals surface area (Å²) in [7, 11) is 3.22. The number of carbonyl (C=O) groups excluding carboxylic acids is 2. The third kappa shape index (κ3) is 8.13. The Morgan fingerprint density at radius 3 is 2.33 bits per heavy atom. The number of aromatic nitrogens is 2. The second kappa shape index (κ2) is 15.1. The van der Waals surface area contributed by atoms with Crippen LogP contribution in [0.15, 0.2) is 35.7 Å². The van der Waals surface area contributed by atoms with Crippen LogP contribution in [0, 0.1) is 5.92 Å². The zero-order chi connectivity index (χ0) is 28.4. The molecule has 1 atom stereocenters. The normalized spacial score (nSPS) is 12.4. The van der Waals surface area contributed by atoms with E-state index >= 15 is 0 Å². The Bertz CT molecular complexity index is 1180. The lowest BCUT2D eigenvalue weighted by atomic mass is 10.0. The molecule has 0 aliphatic heterocycles. The molecule has 3 aromatic rings. The predicted molar refractivity (Wildman–Crippen MR) is 158 cm³/mol. The average Bonchev–Trinajstić information content (AvgIpc) is 3.56. The first-order valence-corrected chi connectivity index (χ1v) is 14.8. The lowest BCUT2D eigenvalue weighted by molar-refractivity contribution is -0.135. The van der Waals surface area contributed by atoms with Gasteiger partial charge in [0.15, 0.2) is 0 Å². The largest absolute Gasteiger partial charge is 0.383 e. The third-order valence-electron chi connectivity index (χ3n) is 7.00. The number of thiophene rings is 1. The third-order valence-corrected chi connectivity index (χ3v) is 7.87. The van der Waals surface area contributed by atoms with Crippen LogP contribution < -0.4 is 5.32 Å².